The number of aliphatic imine (C=N–C) groups is 1. The smallest absolute Gasteiger partial charge is 0.343 e. The van der Waals surface area contributed by atoms with E-state index in [4.69, 9.17) is 14.5 Å². The number of amides is 8. The van der Waals surface area contributed by atoms with Crippen LogP contribution in [0.2, 0.25) is 0 Å². The Morgan fingerprint density at radius 1 is 0.908 bits per heavy atom. The summed E-state index contributed by atoms with van der Waals surface area (Å²) in [5, 5.41) is 24.4. The number of benzene rings is 2. The van der Waals surface area contributed by atoms with Crippen molar-refractivity contribution in [3.63, 3.8) is 0 Å². The van der Waals surface area contributed by atoms with Gasteiger partial charge in [0, 0.05) is 66.3 Å². The second-order valence-electron chi connectivity index (χ2n) is 18.8. The minimum absolute atomic E-state index is 0.0377. The lowest BCUT2D eigenvalue weighted by molar-refractivity contribution is -0.172. The number of esters is 1. The lowest BCUT2D eigenvalue weighted by Crippen LogP contribution is -2.52. The number of imide groups is 1. The number of fused-ring (bicyclic) bond motifs is 5. The van der Waals surface area contributed by atoms with Crippen molar-refractivity contribution in [2.45, 2.75) is 95.9 Å². The van der Waals surface area contributed by atoms with E-state index < -0.39 is 103 Å². The molecular weight excluding hydrogens is 990 g/mol. The number of hydrogen-bond acceptors (Lipinski definition) is 14. The monoisotopic (exact) mass is 1050 g/mol. The summed E-state index contributed by atoms with van der Waals surface area (Å²) in [7, 11) is 0. The number of unbranched alkanes of at least 4 members (excludes halogenated alkanes) is 2. The number of pyridine rings is 2. The normalized spacial score (nSPS) is 17.4. The zero-order valence-corrected chi connectivity index (χ0v) is 41.8. The first-order valence-electron chi connectivity index (χ1n) is 24.9. The number of aromatic nitrogens is 2. The van der Waals surface area contributed by atoms with E-state index in [1.807, 2.05) is 0 Å². The summed E-state index contributed by atoms with van der Waals surface area (Å²) in [5.74, 6) is -6.38. The molecule has 0 radical (unpaired) electrons. The molecule has 2 aromatic carbocycles. The van der Waals surface area contributed by atoms with E-state index >= 15 is 4.39 Å². The zero-order valence-electron chi connectivity index (χ0n) is 41.8. The van der Waals surface area contributed by atoms with Crippen molar-refractivity contribution >= 4 is 70.3 Å². The topological polar surface area (TPSA) is 303 Å². The van der Waals surface area contributed by atoms with E-state index in [1.165, 1.54) is 29.0 Å². The fraction of sp³-hybridized carbons (Fsp3) is 0.396. The summed E-state index contributed by atoms with van der Waals surface area (Å²) in [6.45, 7) is 0.897. The van der Waals surface area contributed by atoms with Crippen molar-refractivity contribution in [3.8, 4) is 11.4 Å². The van der Waals surface area contributed by atoms with E-state index in [0.717, 1.165) is 16.0 Å². The number of carbonyl (C=O) groups excluding carboxylic acids is 9. The lowest BCUT2D eigenvalue weighted by Gasteiger charge is -2.31. The van der Waals surface area contributed by atoms with Crippen LogP contribution in [0.15, 0.2) is 64.4 Å². The Morgan fingerprint density at radius 2 is 1.62 bits per heavy atom. The molecule has 8 rings (SSSR count). The van der Waals surface area contributed by atoms with Gasteiger partial charge in [-0.2, -0.15) is 0 Å². The van der Waals surface area contributed by atoms with Gasteiger partial charge in [-0.05, 0) is 67.3 Å². The third kappa shape index (κ3) is 11.8. The molecule has 0 spiro atoms. The van der Waals surface area contributed by atoms with Crippen molar-refractivity contribution in [1.82, 2.24) is 41.0 Å². The van der Waals surface area contributed by atoms with Gasteiger partial charge < -0.3 is 45.7 Å². The highest BCUT2D eigenvalue weighted by Gasteiger charge is 2.46. The molecule has 0 saturated heterocycles. The molecule has 0 saturated carbocycles. The van der Waals surface area contributed by atoms with Crippen LogP contribution in [0, 0.1) is 12.7 Å². The van der Waals surface area contributed by atoms with Crippen LogP contribution in [0.1, 0.15) is 90.3 Å². The second-order valence-corrected chi connectivity index (χ2v) is 18.8. The van der Waals surface area contributed by atoms with E-state index in [9.17, 15) is 53.1 Å². The number of halogens is 1. The van der Waals surface area contributed by atoms with E-state index in [-0.39, 0.29) is 61.9 Å². The van der Waals surface area contributed by atoms with Crippen LogP contribution in [0.25, 0.3) is 22.3 Å². The molecule has 76 heavy (non-hydrogen) atoms. The van der Waals surface area contributed by atoms with E-state index in [1.54, 1.807) is 50.2 Å². The number of aryl methyl sites for hydroxylation is 1. The molecule has 4 aliphatic rings. The maximum Gasteiger partial charge on any atom is 0.343 e. The molecule has 1 aliphatic carbocycles. The van der Waals surface area contributed by atoms with Gasteiger partial charge in [-0.25, -0.2) is 19.2 Å². The lowest BCUT2D eigenvalue weighted by atomic mass is 9.78. The first-order valence-corrected chi connectivity index (χ1v) is 24.9. The predicted molar refractivity (Wildman–Crippen MR) is 268 cm³/mol. The van der Waals surface area contributed by atoms with Crippen molar-refractivity contribution < 1.29 is 62.1 Å². The number of ether oxygens (including phenoxy) is 2. The molecular formula is C53H56FN9O13. The Bertz CT molecular complexity index is 3160. The molecule has 398 valence electrons. The van der Waals surface area contributed by atoms with Gasteiger partial charge in [0.15, 0.2) is 5.60 Å². The van der Waals surface area contributed by atoms with Crippen LogP contribution in [0.5, 0.6) is 0 Å². The molecule has 23 heteroatoms. The molecule has 5 heterocycles. The molecule has 3 aliphatic heterocycles. The predicted octanol–water partition coefficient (Wildman–Crippen LogP) is 0.806. The zero-order chi connectivity index (χ0) is 54.3. The number of nitrogens with one attached hydrogen (secondary N) is 5. The van der Waals surface area contributed by atoms with Crippen LogP contribution in [-0.4, -0.2) is 125 Å². The van der Waals surface area contributed by atoms with E-state index in [2.05, 4.69) is 31.6 Å². The summed E-state index contributed by atoms with van der Waals surface area (Å²) >= 11 is 0. The van der Waals surface area contributed by atoms with Crippen LogP contribution in [-0.2, 0) is 84.2 Å². The van der Waals surface area contributed by atoms with Crippen LogP contribution in [0.4, 0.5) is 4.39 Å². The molecule has 8 amide bonds. The average Bonchev–Trinajstić information content (AvgIpc) is 3.97. The van der Waals surface area contributed by atoms with Gasteiger partial charge in [-0.1, -0.05) is 43.7 Å². The summed E-state index contributed by atoms with van der Waals surface area (Å²) in [4.78, 5) is 137. The van der Waals surface area contributed by atoms with Crippen LogP contribution < -0.4 is 32.1 Å². The van der Waals surface area contributed by atoms with Crippen LogP contribution >= 0.6 is 0 Å². The first-order chi connectivity index (χ1) is 36.5. The Hall–Kier alpha value is -8.31. The third-order valence-electron chi connectivity index (χ3n) is 13.9. The number of carbonyl (C=O) groups is 9. The van der Waals surface area contributed by atoms with Crippen molar-refractivity contribution in [2.24, 2.45) is 4.99 Å². The van der Waals surface area contributed by atoms with Gasteiger partial charge in [0.05, 0.1) is 48.6 Å². The fourth-order valence-corrected chi connectivity index (χ4v) is 9.77. The number of hydrogen-bond donors (Lipinski definition) is 6. The number of nitrogens with zero attached hydrogens (tertiary/aromatic N) is 4. The van der Waals surface area contributed by atoms with Gasteiger partial charge in [-0.15, -0.1) is 0 Å². The maximum absolute atomic E-state index is 15.3. The van der Waals surface area contributed by atoms with Gasteiger partial charge >= 0.3 is 5.97 Å². The number of rotatable bonds is 22. The number of aliphatic hydroxyl groups is 1. The Morgan fingerprint density at radius 3 is 2.37 bits per heavy atom. The van der Waals surface area contributed by atoms with Crippen LogP contribution in [0.3, 0.4) is 0 Å². The standard InChI is InChI=1S/C53H56FN9O13/c1-3-53(74)35-19-39-49-33(25-63(39)51(72)34(35)26-76-52(53)73)47-31(13-14-32-29(2)36(54)20-37(61-49)48(32)47)21-55-44(68)27-75-28-59-42(66)23-58-50(71)38(18-30-10-6-4-7-11-30)60-43(67)24-57-41(65)22-56-40(64)12-8-5-9-17-62-45(69)15-16-46(62)70/h4,6-7,10-11,15-16,19-21,31,38,74H,3,5,8-9,12-14,17-18,22-28H2,1-2H3,(H,56,64)(H,57,65)(H,58,71)(H,59,66)(H,60,67)/t31?,38?,53-/m0/s1. The fourth-order valence-electron chi connectivity index (χ4n) is 9.77. The van der Waals surface area contributed by atoms with Crippen molar-refractivity contribution in [2.75, 3.05) is 39.5 Å². The summed E-state index contributed by atoms with van der Waals surface area (Å²) in [6.07, 6.45) is 6.43. The third-order valence-corrected chi connectivity index (χ3v) is 13.9. The quantitative estimate of drug-likeness (QED) is 0.0184. The summed E-state index contributed by atoms with van der Waals surface area (Å²) < 4.78 is 27.4. The van der Waals surface area contributed by atoms with E-state index in [0.29, 0.717) is 71.1 Å². The second kappa shape index (κ2) is 23.5. The van der Waals surface area contributed by atoms with Crippen molar-refractivity contribution in [3.05, 3.63) is 110 Å². The molecule has 0 fully saturated rings. The Labute approximate surface area is 433 Å². The minimum Gasteiger partial charge on any atom is -0.458 e. The van der Waals surface area contributed by atoms with Gasteiger partial charge in [0.1, 0.15) is 31.8 Å². The molecule has 3 atom stereocenters. The largest absolute Gasteiger partial charge is 0.458 e. The summed E-state index contributed by atoms with van der Waals surface area (Å²) in [5.41, 5.74) is 2.13. The highest BCUT2D eigenvalue weighted by atomic mass is 19.1. The van der Waals surface area contributed by atoms with Gasteiger partial charge in [0.2, 0.25) is 29.5 Å². The molecule has 6 N–H and O–H groups in total. The maximum atomic E-state index is 15.3. The molecule has 2 unspecified atom stereocenters. The highest BCUT2D eigenvalue weighted by molar-refractivity contribution is 6.12. The molecule has 4 aromatic rings. The van der Waals surface area contributed by atoms with Gasteiger partial charge in [-0.3, -0.25) is 48.1 Å². The summed E-state index contributed by atoms with van der Waals surface area (Å²) in [6, 6.07) is 10.5. The van der Waals surface area contributed by atoms with Crippen molar-refractivity contribution in [1.29, 1.82) is 0 Å². The van der Waals surface area contributed by atoms with Gasteiger partial charge in [0.25, 0.3) is 23.3 Å². The average molecular weight is 1050 g/mol. The highest BCUT2D eigenvalue weighted by Crippen LogP contribution is 2.46. The Kier molecular flexibility index (Phi) is 16.7. The molecule has 0 bridgehead atoms. The molecule has 2 aromatic heterocycles. The molecule has 22 nitrogen and oxygen atoms in total. The Balaban J connectivity index is 0.803. The number of cyclic esters (lactones) is 1. The first kappa shape index (κ1) is 54.0. The SMILES string of the molecule is CC[C@@]1(O)C(=O)OCc2c1cc1n(c2=O)Cc2c-1nc1cc(F)c(C)c3c1c2C(C=NC(=O)COCNC(=O)CNC(=O)C(Cc1ccccc1)NC(=O)CNC(=O)CNC(=O)CCCCCN1C(=O)C=CC1=O)CC3. The minimum atomic E-state index is -2.04.